The fourth-order valence-electron chi connectivity index (χ4n) is 1.46. The van der Waals surface area contributed by atoms with Crippen LogP contribution in [0.5, 0.6) is 0 Å². The zero-order valence-corrected chi connectivity index (χ0v) is 10.6. The number of aromatic nitrogens is 2. The summed E-state index contributed by atoms with van der Waals surface area (Å²) < 4.78 is 1.57. The minimum atomic E-state index is -1.12. The summed E-state index contributed by atoms with van der Waals surface area (Å²) in [6.07, 6.45) is 3.27. The van der Waals surface area contributed by atoms with Gasteiger partial charge in [-0.3, -0.25) is 14.8 Å². The summed E-state index contributed by atoms with van der Waals surface area (Å²) in [5.74, 6) is -1.12. The van der Waals surface area contributed by atoms with Gasteiger partial charge in [0, 0.05) is 30.3 Å². The Kier molecular flexibility index (Phi) is 3.52. The van der Waals surface area contributed by atoms with Crippen molar-refractivity contribution in [2.75, 3.05) is 0 Å². The van der Waals surface area contributed by atoms with E-state index in [4.69, 9.17) is 5.11 Å². The van der Waals surface area contributed by atoms with E-state index in [2.05, 4.69) is 5.10 Å². The van der Waals surface area contributed by atoms with Crippen LogP contribution in [0.1, 0.15) is 10.4 Å². The van der Waals surface area contributed by atoms with Crippen molar-refractivity contribution in [3.63, 3.8) is 0 Å². The van der Waals surface area contributed by atoms with E-state index in [0.717, 1.165) is 11.8 Å². The number of hydrogen-bond donors (Lipinski definition) is 1. The number of benzene rings is 1. The fraction of sp³-hybridized carbons (Fsp3) is 0.0909. The van der Waals surface area contributed by atoms with E-state index in [1.54, 1.807) is 24.1 Å². The van der Waals surface area contributed by atoms with Gasteiger partial charge < -0.3 is 5.11 Å². The highest BCUT2D eigenvalue weighted by molar-refractivity contribution is 7.99. The summed E-state index contributed by atoms with van der Waals surface area (Å²) in [6, 6.07) is 3.66. The van der Waals surface area contributed by atoms with Crippen molar-refractivity contribution in [2.24, 2.45) is 7.05 Å². The van der Waals surface area contributed by atoms with E-state index in [-0.39, 0.29) is 11.3 Å². The standard InChI is InChI=1S/C11H9N3O4S/c1-13-6-8(5-12-13)19-10-4-7(14(17)18)2-3-9(10)11(15)16/h2-6H,1H3,(H,15,16). The zero-order chi connectivity index (χ0) is 14.0. The maximum absolute atomic E-state index is 11.1. The largest absolute Gasteiger partial charge is 0.478 e. The van der Waals surface area contributed by atoms with Crippen LogP contribution in [0.25, 0.3) is 0 Å². The van der Waals surface area contributed by atoms with Crippen LogP contribution in [0.2, 0.25) is 0 Å². The lowest BCUT2D eigenvalue weighted by molar-refractivity contribution is -0.385. The van der Waals surface area contributed by atoms with Gasteiger partial charge in [-0.05, 0) is 6.07 Å². The Hall–Kier alpha value is -2.35. The highest BCUT2D eigenvalue weighted by atomic mass is 32.2. The second-order valence-corrected chi connectivity index (χ2v) is 4.81. The molecule has 0 unspecified atom stereocenters. The summed E-state index contributed by atoms with van der Waals surface area (Å²) >= 11 is 1.13. The third-order valence-electron chi connectivity index (χ3n) is 2.32. The van der Waals surface area contributed by atoms with Crippen molar-refractivity contribution in [3.8, 4) is 0 Å². The Labute approximate surface area is 112 Å². The van der Waals surface area contributed by atoms with Gasteiger partial charge in [-0.2, -0.15) is 5.10 Å². The van der Waals surface area contributed by atoms with Crippen LogP contribution >= 0.6 is 11.8 Å². The second kappa shape index (κ2) is 5.11. The van der Waals surface area contributed by atoms with Gasteiger partial charge in [-0.1, -0.05) is 11.8 Å². The van der Waals surface area contributed by atoms with Crippen molar-refractivity contribution in [2.45, 2.75) is 9.79 Å². The molecule has 0 aliphatic heterocycles. The molecule has 0 radical (unpaired) electrons. The average molecular weight is 279 g/mol. The Morgan fingerprint density at radius 3 is 2.79 bits per heavy atom. The molecule has 0 aliphatic carbocycles. The lowest BCUT2D eigenvalue weighted by Gasteiger charge is -2.03. The predicted molar refractivity (Wildman–Crippen MR) is 67.4 cm³/mol. The monoisotopic (exact) mass is 279 g/mol. The number of aryl methyl sites for hydroxylation is 1. The highest BCUT2D eigenvalue weighted by Gasteiger charge is 2.16. The van der Waals surface area contributed by atoms with Gasteiger partial charge in [-0.25, -0.2) is 4.79 Å². The van der Waals surface area contributed by atoms with E-state index < -0.39 is 10.9 Å². The predicted octanol–water partition coefficient (Wildman–Crippen LogP) is 2.18. The molecule has 2 rings (SSSR count). The van der Waals surface area contributed by atoms with E-state index in [1.807, 2.05) is 0 Å². The van der Waals surface area contributed by atoms with Gasteiger partial charge >= 0.3 is 5.97 Å². The third-order valence-corrected chi connectivity index (χ3v) is 3.32. The minimum absolute atomic E-state index is 0.0273. The molecular formula is C11H9N3O4S. The number of rotatable bonds is 4. The molecule has 1 aromatic heterocycles. The molecule has 0 saturated carbocycles. The maximum atomic E-state index is 11.1. The summed E-state index contributed by atoms with van der Waals surface area (Å²) in [5.41, 5.74) is -0.115. The zero-order valence-electron chi connectivity index (χ0n) is 9.81. The first-order chi connectivity index (χ1) is 8.97. The SMILES string of the molecule is Cn1cc(Sc2cc([N+](=O)[O-])ccc2C(=O)O)cn1. The molecule has 1 aromatic carbocycles. The first-order valence-electron chi connectivity index (χ1n) is 5.15. The molecule has 0 bridgehead atoms. The molecule has 0 spiro atoms. The number of non-ortho nitro benzene ring substituents is 1. The summed E-state index contributed by atoms with van der Waals surface area (Å²) in [5, 5.41) is 23.8. The molecule has 98 valence electrons. The van der Waals surface area contributed by atoms with Crippen LogP contribution in [0.4, 0.5) is 5.69 Å². The number of aromatic carboxylic acids is 1. The van der Waals surface area contributed by atoms with Crippen LogP contribution in [-0.2, 0) is 7.05 Å². The molecule has 0 saturated heterocycles. The number of nitro benzene ring substituents is 1. The number of carboxylic acid groups (broad SMARTS) is 1. The van der Waals surface area contributed by atoms with Gasteiger partial charge in [0.1, 0.15) is 0 Å². The molecule has 0 atom stereocenters. The number of nitro groups is 1. The average Bonchev–Trinajstić information content (AvgIpc) is 2.74. The van der Waals surface area contributed by atoms with Gasteiger partial charge in [0.15, 0.2) is 0 Å². The Morgan fingerprint density at radius 2 is 2.26 bits per heavy atom. The van der Waals surface area contributed by atoms with Gasteiger partial charge in [0.05, 0.1) is 21.6 Å². The van der Waals surface area contributed by atoms with Crippen molar-refractivity contribution in [1.29, 1.82) is 0 Å². The van der Waals surface area contributed by atoms with Crippen molar-refractivity contribution >= 4 is 23.4 Å². The summed E-state index contributed by atoms with van der Waals surface area (Å²) in [7, 11) is 1.73. The number of carbonyl (C=O) groups is 1. The lowest BCUT2D eigenvalue weighted by atomic mass is 10.2. The number of carboxylic acids is 1. The Balaban J connectivity index is 2.42. The second-order valence-electron chi connectivity index (χ2n) is 3.69. The number of hydrogen-bond acceptors (Lipinski definition) is 5. The van der Waals surface area contributed by atoms with Crippen LogP contribution in [0.15, 0.2) is 40.4 Å². The molecule has 2 aromatic rings. The van der Waals surface area contributed by atoms with Gasteiger partial charge in [0.25, 0.3) is 5.69 Å². The number of nitrogens with zero attached hydrogens (tertiary/aromatic N) is 3. The normalized spacial score (nSPS) is 10.4. The van der Waals surface area contributed by atoms with Crippen molar-refractivity contribution < 1.29 is 14.8 Å². The Morgan fingerprint density at radius 1 is 1.53 bits per heavy atom. The first kappa shape index (κ1) is 13.1. The van der Waals surface area contributed by atoms with Crippen LogP contribution < -0.4 is 0 Å². The molecule has 1 N–H and O–H groups in total. The summed E-state index contributed by atoms with van der Waals surface area (Å²) in [4.78, 5) is 22.3. The first-order valence-corrected chi connectivity index (χ1v) is 5.97. The lowest BCUT2D eigenvalue weighted by Crippen LogP contribution is -2.00. The van der Waals surface area contributed by atoms with Gasteiger partial charge in [-0.15, -0.1) is 0 Å². The highest BCUT2D eigenvalue weighted by Crippen LogP contribution is 2.32. The van der Waals surface area contributed by atoms with Gasteiger partial charge in [0.2, 0.25) is 0 Å². The van der Waals surface area contributed by atoms with Crippen LogP contribution in [0, 0.1) is 10.1 Å². The topological polar surface area (TPSA) is 98.3 Å². The van der Waals surface area contributed by atoms with E-state index in [0.29, 0.717) is 9.79 Å². The molecule has 1 heterocycles. The molecular weight excluding hydrogens is 270 g/mol. The van der Waals surface area contributed by atoms with Crippen LogP contribution in [-0.4, -0.2) is 25.8 Å². The quantitative estimate of drug-likeness (QED) is 0.680. The van der Waals surface area contributed by atoms with Crippen molar-refractivity contribution in [1.82, 2.24) is 9.78 Å². The van der Waals surface area contributed by atoms with E-state index in [1.165, 1.54) is 18.2 Å². The molecule has 0 aliphatic rings. The van der Waals surface area contributed by atoms with E-state index in [9.17, 15) is 14.9 Å². The minimum Gasteiger partial charge on any atom is -0.478 e. The smallest absolute Gasteiger partial charge is 0.336 e. The van der Waals surface area contributed by atoms with E-state index >= 15 is 0 Å². The Bertz CT molecular complexity index is 653. The molecule has 19 heavy (non-hydrogen) atoms. The van der Waals surface area contributed by atoms with Crippen LogP contribution in [0.3, 0.4) is 0 Å². The molecule has 0 amide bonds. The third kappa shape index (κ3) is 2.91. The fourth-order valence-corrected chi connectivity index (χ4v) is 2.47. The summed E-state index contributed by atoms with van der Waals surface area (Å²) in [6.45, 7) is 0. The molecule has 8 heteroatoms. The molecule has 7 nitrogen and oxygen atoms in total. The maximum Gasteiger partial charge on any atom is 0.336 e. The van der Waals surface area contributed by atoms with Crippen molar-refractivity contribution in [3.05, 3.63) is 46.3 Å². The molecule has 0 fully saturated rings.